The fraction of sp³-hybridized carbons (Fsp3) is 0.917. The summed E-state index contributed by atoms with van der Waals surface area (Å²) >= 11 is 0. The Labute approximate surface area is 108 Å². The van der Waals surface area contributed by atoms with E-state index in [1.54, 1.807) is 4.31 Å². The van der Waals surface area contributed by atoms with Gasteiger partial charge >= 0.3 is 0 Å². The molecule has 102 valence electrons. The molecule has 1 saturated carbocycles. The largest absolute Gasteiger partial charge is 0.351 e. The van der Waals surface area contributed by atoms with Crippen LogP contribution in [0.3, 0.4) is 0 Å². The highest BCUT2D eigenvalue weighted by molar-refractivity contribution is 7.90. The number of sulfonamides is 1. The zero-order valence-electron chi connectivity index (χ0n) is 10.5. The van der Waals surface area contributed by atoms with Gasteiger partial charge in [-0.3, -0.25) is 4.79 Å². The summed E-state index contributed by atoms with van der Waals surface area (Å²) in [6.07, 6.45) is 5.63. The molecule has 0 unspecified atom stereocenters. The lowest BCUT2D eigenvalue weighted by Gasteiger charge is -2.27. The highest BCUT2D eigenvalue weighted by atomic mass is 32.2. The molecule has 1 amide bonds. The van der Waals surface area contributed by atoms with Crippen molar-refractivity contribution in [1.82, 2.24) is 9.62 Å². The van der Waals surface area contributed by atoms with E-state index in [-0.39, 0.29) is 16.7 Å². The first-order chi connectivity index (χ1) is 8.52. The van der Waals surface area contributed by atoms with Crippen LogP contribution in [-0.4, -0.2) is 42.5 Å². The molecule has 1 aliphatic carbocycles. The van der Waals surface area contributed by atoms with Crippen LogP contribution >= 0.6 is 0 Å². The van der Waals surface area contributed by atoms with Crippen molar-refractivity contribution < 1.29 is 13.2 Å². The first-order valence-electron chi connectivity index (χ1n) is 6.82. The molecule has 2 aliphatic heterocycles. The Morgan fingerprint density at radius 3 is 2.56 bits per heavy atom. The summed E-state index contributed by atoms with van der Waals surface area (Å²) in [5, 5.41) is 2.95. The van der Waals surface area contributed by atoms with Crippen LogP contribution in [0.4, 0.5) is 0 Å². The summed E-state index contributed by atoms with van der Waals surface area (Å²) in [5.41, 5.74) is -0.120. The Morgan fingerprint density at radius 2 is 1.94 bits per heavy atom. The summed E-state index contributed by atoms with van der Waals surface area (Å²) < 4.78 is 26.1. The normalized spacial score (nSPS) is 34.6. The summed E-state index contributed by atoms with van der Waals surface area (Å²) in [6, 6.07) is 0. The van der Waals surface area contributed by atoms with Crippen molar-refractivity contribution in [3.8, 4) is 0 Å². The molecule has 0 aromatic heterocycles. The topological polar surface area (TPSA) is 66.5 Å². The Balaban J connectivity index is 1.70. The van der Waals surface area contributed by atoms with Gasteiger partial charge in [0.25, 0.3) is 0 Å². The van der Waals surface area contributed by atoms with E-state index >= 15 is 0 Å². The Kier molecular flexibility index (Phi) is 2.90. The molecule has 3 rings (SSSR count). The molecule has 3 fully saturated rings. The van der Waals surface area contributed by atoms with Crippen LogP contribution in [0.25, 0.3) is 0 Å². The van der Waals surface area contributed by atoms with Gasteiger partial charge in [-0.05, 0) is 38.5 Å². The van der Waals surface area contributed by atoms with Gasteiger partial charge in [-0.2, -0.15) is 0 Å². The molecule has 6 heteroatoms. The molecule has 3 aliphatic rings. The third-order valence-corrected chi connectivity index (χ3v) is 6.84. The molecule has 1 N–H and O–H groups in total. The molecule has 18 heavy (non-hydrogen) atoms. The second-order valence-electron chi connectivity index (χ2n) is 5.83. The Morgan fingerprint density at radius 1 is 1.17 bits per heavy atom. The third-order valence-electron chi connectivity index (χ3n) is 4.44. The first-order valence-corrected chi connectivity index (χ1v) is 8.32. The summed E-state index contributed by atoms with van der Waals surface area (Å²) in [4.78, 5) is 11.4. The van der Waals surface area contributed by atoms with Gasteiger partial charge in [0.1, 0.15) is 0 Å². The van der Waals surface area contributed by atoms with Crippen molar-refractivity contribution >= 4 is 15.9 Å². The monoisotopic (exact) mass is 272 g/mol. The third kappa shape index (κ3) is 2.16. The predicted molar refractivity (Wildman–Crippen MR) is 67.5 cm³/mol. The standard InChI is InChI=1S/C12H20N2O3S/c15-11-4-6-12(13-11)5-1-8-14(9-7-12)18(16,17)10-2-3-10/h10H,1-9H2,(H,13,15)/t12-/m0/s1. The SMILES string of the molecule is O=C1CC[C@]2(CCCN(S(=O)(=O)C3CC3)CC2)N1. The summed E-state index contributed by atoms with van der Waals surface area (Å²) in [5.74, 6) is 0.119. The van der Waals surface area contributed by atoms with Crippen LogP contribution in [-0.2, 0) is 14.8 Å². The number of hydrogen-bond acceptors (Lipinski definition) is 3. The van der Waals surface area contributed by atoms with E-state index in [1.165, 1.54) is 0 Å². The van der Waals surface area contributed by atoms with Crippen LogP contribution in [0.5, 0.6) is 0 Å². The van der Waals surface area contributed by atoms with Crippen molar-refractivity contribution in [2.24, 2.45) is 0 Å². The maximum Gasteiger partial charge on any atom is 0.220 e. The minimum absolute atomic E-state index is 0.119. The lowest BCUT2D eigenvalue weighted by molar-refractivity contribution is -0.119. The minimum atomic E-state index is -3.05. The fourth-order valence-electron chi connectivity index (χ4n) is 3.15. The summed E-state index contributed by atoms with van der Waals surface area (Å²) in [7, 11) is -3.05. The van der Waals surface area contributed by atoms with E-state index in [4.69, 9.17) is 0 Å². The van der Waals surface area contributed by atoms with E-state index in [9.17, 15) is 13.2 Å². The lowest BCUT2D eigenvalue weighted by atomic mass is 9.89. The van der Waals surface area contributed by atoms with Gasteiger partial charge in [0, 0.05) is 25.0 Å². The van der Waals surface area contributed by atoms with Gasteiger partial charge in [0.05, 0.1) is 5.25 Å². The van der Waals surface area contributed by atoms with Crippen LogP contribution in [0.2, 0.25) is 0 Å². The minimum Gasteiger partial charge on any atom is -0.351 e. The number of carbonyl (C=O) groups is 1. The Bertz CT molecular complexity index is 458. The Hall–Kier alpha value is -0.620. The van der Waals surface area contributed by atoms with E-state index in [2.05, 4.69) is 5.32 Å². The average Bonchev–Trinajstić information content (AvgIpc) is 3.10. The van der Waals surface area contributed by atoms with Gasteiger partial charge in [0.15, 0.2) is 0 Å². The smallest absolute Gasteiger partial charge is 0.220 e. The maximum atomic E-state index is 12.2. The lowest BCUT2D eigenvalue weighted by Crippen LogP contribution is -2.43. The quantitative estimate of drug-likeness (QED) is 0.801. The summed E-state index contributed by atoms with van der Waals surface area (Å²) in [6.45, 7) is 1.19. The molecule has 0 aromatic carbocycles. The zero-order chi connectivity index (χ0) is 12.8. The highest BCUT2D eigenvalue weighted by Crippen LogP contribution is 2.35. The van der Waals surface area contributed by atoms with Gasteiger partial charge in [-0.15, -0.1) is 0 Å². The molecular weight excluding hydrogens is 252 g/mol. The molecule has 1 spiro atoms. The molecule has 2 saturated heterocycles. The molecule has 2 heterocycles. The second kappa shape index (κ2) is 4.20. The van der Waals surface area contributed by atoms with Crippen LogP contribution in [0.1, 0.15) is 44.9 Å². The van der Waals surface area contributed by atoms with Gasteiger partial charge in [0.2, 0.25) is 15.9 Å². The number of amides is 1. The molecule has 0 bridgehead atoms. The van der Waals surface area contributed by atoms with Crippen molar-refractivity contribution in [1.29, 1.82) is 0 Å². The molecule has 0 radical (unpaired) electrons. The van der Waals surface area contributed by atoms with E-state index in [0.717, 1.165) is 38.5 Å². The van der Waals surface area contributed by atoms with Crippen LogP contribution in [0, 0.1) is 0 Å². The maximum absolute atomic E-state index is 12.2. The number of carbonyl (C=O) groups excluding carboxylic acids is 1. The van der Waals surface area contributed by atoms with E-state index < -0.39 is 10.0 Å². The fourth-order valence-corrected chi connectivity index (χ4v) is 5.03. The zero-order valence-corrected chi connectivity index (χ0v) is 11.3. The number of hydrogen-bond donors (Lipinski definition) is 1. The van der Waals surface area contributed by atoms with Crippen molar-refractivity contribution in [3.63, 3.8) is 0 Å². The van der Waals surface area contributed by atoms with Gasteiger partial charge in [-0.1, -0.05) is 0 Å². The second-order valence-corrected chi connectivity index (χ2v) is 8.04. The molecule has 0 aromatic rings. The highest BCUT2D eigenvalue weighted by Gasteiger charge is 2.44. The molecule has 5 nitrogen and oxygen atoms in total. The van der Waals surface area contributed by atoms with Crippen LogP contribution < -0.4 is 5.32 Å². The van der Waals surface area contributed by atoms with Crippen molar-refractivity contribution in [2.45, 2.75) is 55.7 Å². The number of rotatable bonds is 2. The van der Waals surface area contributed by atoms with E-state index in [0.29, 0.717) is 19.5 Å². The molecular formula is C12H20N2O3S. The first kappa shape index (κ1) is 12.4. The molecule has 1 atom stereocenters. The van der Waals surface area contributed by atoms with Gasteiger partial charge in [-0.25, -0.2) is 12.7 Å². The van der Waals surface area contributed by atoms with Gasteiger partial charge < -0.3 is 5.32 Å². The average molecular weight is 272 g/mol. The number of nitrogens with one attached hydrogen (secondary N) is 1. The van der Waals surface area contributed by atoms with Crippen molar-refractivity contribution in [3.05, 3.63) is 0 Å². The van der Waals surface area contributed by atoms with Crippen molar-refractivity contribution in [2.75, 3.05) is 13.1 Å². The number of nitrogens with zero attached hydrogens (tertiary/aromatic N) is 1. The van der Waals surface area contributed by atoms with Crippen LogP contribution in [0.15, 0.2) is 0 Å². The van der Waals surface area contributed by atoms with E-state index in [1.807, 2.05) is 0 Å². The predicted octanol–water partition coefficient (Wildman–Crippen LogP) is 0.613.